The van der Waals surface area contributed by atoms with Crippen LogP contribution in [0.3, 0.4) is 0 Å². The lowest BCUT2D eigenvalue weighted by atomic mass is 9.99. The van der Waals surface area contributed by atoms with Crippen LogP contribution in [-0.2, 0) is 6.61 Å². The highest BCUT2D eigenvalue weighted by molar-refractivity contribution is 6.31. The molecule has 0 amide bonds. The summed E-state index contributed by atoms with van der Waals surface area (Å²) in [5.74, 6) is 2.18. The Morgan fingerprint density at radius 3 is 2.52 bits per heavy atom. The van der Waals surface area contributed by atoms with Crippen molar-refractivity contribution in [2.75, 3.05) is 12.4 Å². The maximum absolute atomic E-state index is 6.13. The highest BCUT2D eigenvalue weighted by atomic mass is 35.5. The number of hydrogen-bond acceptors (Lipinski definition) is 3. The topological polar surface area (TPSA) is 34.1 Å². The molecule has 0 radical (unpaired) electrons. The van der Waals surface area contributed by atoms with Gasteiger partial charge in [0.2, 0.25) is 0 Å². The van der Waals surface area contributed by atoms with Gasteiger partial charge in [-0.3, -0.25) is 0 Å². The van der Waals surface area contributed by atoms with Crippen LogP contribution in [0.2, 0.25) is 5.02 Å². The Bertz CT molecular complexity index is 584. The summed E-state index contributed by atoms with van der Waals surface area (Å²) in [5, 5.41) is 3.61. The SMILES string of the molecule is CCC(C)c1ccc(OCc2nc(NC)ccc2Cl)cc1. The molecule has 0 saturated carbocycles. The number of benzene rings is 1. The van der Waals surface area contributed by atoms with Gasteiger partial charge >= 0.3 is 0 Å². The van der Waals surface area contributed by atoms with E-state index in [0.29, 0.717) is 17.5 Å². The molecule has 1 unspecified atom stereocenters. The minimum atomic E-state index is 0.358. The first-order valence-electron chi connectivity index (χ1n) is 7.20. The molecule has 1 aromatic heterocycles. The van der Waals surface area contributed by atoms with Crippen molar-refractivity contribution in [1.82, 2.24) is 4.98 Å². The van der Waals surface area contributed by atoms with Gasteiger partial charge in [0.25, 0.3) is 0 Å². The van der Waals surface area contributed by atoms with E-state index in [0.717, 1.165) is 23.7 Å². The number of rotatable bonds is 6. The van der Waals surface area contributed by atoms with Crippen LogP contribution in [0.5, 0.6) is 5.75 Å². The third-order valence-electron chi connectivity index (χ3n) is 3.61. The molecule has 4 heteroatoms. The number of hydrogen-bond donors (Lipinski definition) is 1. The van der Waals surface area contributed by atoms with Crippen LogP contribution in [0.15, 0.2) is 36.4 Å². The van der Waals surface area contributed by atoms with E-state index < -0.39 is 0 Å². The molecule has 0 spiro atoms. The van der Waals surface area contributed by atoms with Crippen LogP contribution < -0.4 is 10.1 Å². The van der Waals surface area contributed by atoms with Crippen LogP contribution in [-0.4, -0.2) is 12.0 Å². The molecule has 0 bridgehead atoms. The molecule has 0 fully saturated rings. The molecule has 0 saturated heterocycles. The van der Waals surface area contributed by atoms with Gasteiger partial charge in [0, 0.05) is 7.05 Å². The predicted octanol–water partition coefficient (Wildman–Crippen LogP) is 4.87. The summed E-state index contributed by atoms with van der Waals surface area (Å²) in [6.45, 7) is 4.78. The average molecular weight is 305 g/mol. The fourth-order valence-electron chi connectivity index (χ4n) is 2.00. The largest absolute Gasteiger partial charge is 0.487 e. The summed E-state index contributed by atoms with van der Waals surface area (Å²) >= 11 is 6.13. The molecule has 0 aliphatic heterocycles. The van der Waals surface area contributed by atoms with E-state index >= 15 is 0 Å². The zero-order chi connectivity index (χ0) is 15.2. The van der Waals surface area contributed by atoms with E-state index in [9.17, 15) is 0 Å². The fraction of sp³-hybridized carbons (Fsp3) is 0.353. The number of nitrogens with one attached hydrogen (secondary N) is 1. The van der Waals surface area contributed by atoms with E-state index in [1.165, 1.54) is 5.56 Å². The standard InChI is InChI=1S/C17H21ClN2O/c1-4-12(2)13-5-7-14(8-6-13)21-11-16-15(18)9-10-17(19-3)20-16/h5-10,12H,4,11H2,1-3H3,(H,19,20). The van der Waals surface area contributed by atoms with Gasteiger partial charge in [-0.1, -0.05) is 37.6 Å². The summed E-state index contributed by atoms with van der Waals surface area (Å²) in [6, 6.07) is 11.9. The number of aromatic nitrogens is 1. The highest BCUT2D eigenvalue weighted by Gasteiger charge is 2.06. The fourth-order valence-corrected chi connectivity index (χ4v) is 2.16. The second-order valence-corrected chi connectivity index (χ2v) is 5.45. The first kappa shape index (κ1) is 15.6. The molecule has 3 nitrogen and oxygen atoms in total. The van der Waals surface area contributed by atoms with Crippen molar-refractivity contribution < 1.29 is 4.74 Å². The van der Waals surface area contributed by atoms with Crippen molar-refractivity contribution in [3.63, 3.8) is 0 Å². The van der Waals surface area contributed by atoms with Gasteiger partial charge in [0.1, 0.15) is 18.2 Å². The van der Waals surface area contributed by atoms with E-state index in [-0.39, 0.29) is 0 Å². The third-order valence-corrected chi connectivity index (χ3v) is 3.96. The molecular formula is C17H21ClN2O. The summed E-state index contributed by atoms with van der Waals surface area (Å²) in [7, 11) is 1.83. The number of anilines is 1. The Kier molecular flexibility index (Phi) is 5.45. The lowest BCUT2D eigenvalue weighted by Gasteiger charge is -2.11. The van der Waals surface area contributed by atoms with Gasteiger partial charge < -0.3 is 10.1 Å². The second kappa shape index (κ2) is 7.32. The summed E-state index contributed by atoms with van der Waals surface area (Å²) in [4.78, 5) is 4.40. The van der Waals surface area contributed by atoms with Crippen molar-refractivity contribution in [3.05, 3.63) is 52.7 Å². The number of pyridine rings is 1. The Hall–Kier alpha value is -1.74. The summed E-state index contributed by atoms with van der Waals surface area (Å²) in [5.41, 5.74) is 2.06. The van der Waals surface area contributed by atoms with E-state index in [4.69, 9.17) is 16.3 Å². The minimum absolute atomic E-state index is 0.358. The molecule has 1 heterocycles. The molecular weight excluding hydrogens is 284 g/mol. The van der Waals surface area contributed by atoms with Crippen LogP contribution in [0.1, 0.15) is 37.4 Å². The maximum Gasteiger partial charge on any atom is 0.132 e. The Balaban J connectivity index is 2.03. The molecule has 1 N–H and O–H groups in total. The predicted molar refractivity (Wildman–Crippen MR) is 88.3 cm³/mol. The molecule has 0 aliphatic carbocycles. The number of nitrogens with zero attached hydrogens (tertiary/aromatic N) is 1. The quantitative estimate of drug-likeness (QED) is 0.826. The normalized spacial score (nSPS) is 12.0. The monoisotopic (exact) mass is 304 g/mol. The molecule has 1 atom stereocenters. The van der Waals surface area contributed by atoms with Crippen molar-refractivity contribution in [1.29, 1.82) is 0 Å². The van der Waals surface area contributed by atoms with Crippen LogP contribution >= 0.6 is 11.6 Å². The van der Waals surface area contributed by atoms with Gasteiger partial charge in [-0.25, -0.2) is 4.98 Å². The average Bonchev–Trinajstić information content (AvgIpc) is 2.54. The van der Waals surface area contributed by atoms with Crippen molar-refractivity contribution in [2.24, 2.45) is 0 Å². The van der Waals surface area contributed by atoms with E-state index in [1.54, 1.807) is 0 Å². The number of halogens is 1. The molecule has 1 aromatic carbocycles. The summed E-state index contributed by atoms with van der Waals surface area (Å²) in [6.07, 6.45) is 1.14. The third kappa shape index (κ3) is 4.11. The Morgan fingerprint density at radius 2 is 1.90 bits per heavy atom. The van der Waals surface area contributed by atoms with Crippen molar-refractivity contribution in [2.45, 2.75) is 32.8 Å². The van der Waals surface area contributed by atoms with Gasteiger partial charge in [-0.15, -0.1) is 0 Å². The second-order valence-electron chi connectivity index (χ2n) is 5.04. The van der Waals surface area contributed by atoms with Crippen LogP contribution in [0.25, 0.3) is 0 Å². The zero-order valence-electron chi connectivity index (χ0n) is 12.7. The van der Waals surface area contributed by atoms with Crippen LogP contribution in [0.4, 0.5) is 5.82 Å². The van der Waals surface area contributed by atoms with Gasteiger partial charge in [0.15, 0.2) is 0 Å². The Morgan fingerprint density at radius 1 is 1.19 bits per heavy atom. The minimum Gasteiger partial charge on any atom is -0.487 e. The zero-order valence-corrected chi connectivity index (χ0v) is 13.4. The Labute approximate surface area is 131 Å². The molecule has 2 aromatic rings. The smallest absolute Gasteiger partial charge is 0.132 e. The van der Waals surface area contributed by atoms with Gasteiger partial charge in [-0.2, -0.15) is 0 Å². The summed E-state index contributed by atoms with van der Waals surface area (Å²) < 4.78 is 5.77. The lowest BCUT2D eigenvalue weighted by molar-refractivity contribution is 0.301. The van der Waals surface area contributed by atoms with Gasteiger partial charge in [-0.05, 0) is 42.2 Å². The molecule has 0 aliphatic rings. The first-order chi connectivity index (χ1) is 10.1. The van der Waals surface area contributed by atoms with Crippen molar-refractivity contribution >= 4 is 17.4 Å². The molecule has 2 rings (SSSR count). The first-order valence-corrected chi connectivity index (χ1v) is 7.57. The molecule has 112 valence electrons. The van der Waals surface area contributed by atoms with Gasteiger partial charge in [0.05, 0.1) is 10.7 Å². The number of ether oxygens (including phenoxy) is 1. The van der Waals surface area contributed by atoms with Crippen molar-refractivity contribution in [3.8, 4) is 5.75 Å². The molecule has 21 heavy (non-hydrogen) atoms. The maximum atomic E-state index is 6.13. The van der Waals surface area contributed by atoms with Crippen LogP contribution in [0, 0.1) is 0 Å². The van der Waals surface area contributed by atoms with E-state index in [1.807, 2.05) is 31.3 Å². The highest BCUT2D eigenvalue weighted by Crippen LogP contribution is 2.23. The van der Waals surface area contributed by atoms with E-state index in [2.05, 4.69) is 36.3 Å². The lowest BCUT2D eigenvalue weighted by Crippen LogP contribution is -2.02.